The number of nitrogens with zero attached hydrogens (tertiary/aromatic N) is 2. The normalized spacial score (nSPS) is 11.6. The Morgan fingerprint density at radius 2 is 1.77 bits per heavy atom. The van der Waals surface area contributed by atoms with Crippen molar-refractivity contribution in [3.05, 3.63) is 84.2 Å². The third-order valence-electron chi connectivity index (χ3n) is 5.18. The number of rotatable bonds is 2. The topological polar surface area (TPSA) is 38.1 Å². The van der Waals surface area contributed by atoms with Crippen LogP contribution in [0.5, 0.6) is 5.75 Å². The van der Waals surface area contributed by atoms with Crippen LogP contribution in [0.4, 0.5) is 0 Å². The van der Waals surface area contributed by atoms with E-state index in [1.165, 1.54) is 22.0 Å². The molecule has 0 atom stereocenters. The molecule has 0 spiro atoms. The zero-order chi connectivity index (χ0) is 17.7. The molecule has 2 aromatic heterocycles. The second-order valence-electron chi connectivity index (χ2n) is 6.77. The predicted octanol–water partition coefficient (Wildman–Crippen LogP) is 5.41. The maximum absolute atomic E-state index is 10.0. The van der Waals surface area contributed by atoms with E-state index < -0.39 is 0 Å². The van der Waals surface area contributed by atoms with Gasteiger partial charge in [0.15, 0.2) is 0 Å². The molecule has 2 heterocycles. The number of aromatic hydroxyl groups is 1. The Kier molecular flexibility index (Phi) is 3.22. The van der Waals surface area contributed by atoms with Crippen molar-refractivity contribution in [1.82, 2.24) is 9.55 Å². The highest BCUT2D eigenvalue weighted by molar-refractivity contribution is 6.14. The number of aryl methyl sites for hydroxylation is 1. The number of hydrogen-bond acceptors (Lipinski definition) is 2. The number of hydrogen-bond donors (Lipinski definition) is 1. The van der Waals surface area contributed by atoms with E-state index in [9.17, 15) is 5.11 Å². The van der Waals surface area contributed by atoms with Crippen LogP contribution in [0.25, 0.3) is 32.6 Å². The summed E-state index contributed by atoms with van der Waals surface area (Å²) in [6, 6.07) is 20.4. The third kappa shape index (κ3) is 2.17. The molecule has 0 fully saturated rings. The van der Waals surface area contributed by atoms with E-state index in [0.717, 1.165) is 28.2 Å². The summed E-state index contributed by atoms with van der Waals surface area (Å²) >= 11 is 0. The van der Waals surface area contributed by atoms with Crippen molar-refractivity contribution < 1.29 is 5.11 Å². The number of fused-ring (bicyclic) bond motifs is 4. The molecule has 5 rings (SSSR count). The Balaban J connectivity index is 1.93. The number of benzene rings is 3. The molecule has 0 saturated heterocycles. The van der Waals surface area contributed by atoms with Crippen molar-refractivity contribution in [2.45, 2.75) is 13.5 Å². The molecule has 0 aliphatic heterocycles. The van der Waals surface area contributed by atoms with Crippen LogP contribution in [0.15, 0.2) is 73.1 Å². The van der Waals surface area contributed by atoms with Crippen LogP contribution in [-0.2, 0) is 6.54 Å². The molecule has 0 amide bonds. The first-order chi connectivity index (χ1) is 12.7. The highest BCUT2D eigenvalue weighted by Gasteiger charge is 2.15. The molecule has 0 aliphatic rings. The second kappa shape index (κ2) is 5.60. The number of phenolic OH excluding ortho intramolecular Hbond substituents is 1. The largest absolute Gasteiger partial charge is 0.508 e. The van der Waals surface area contributed by atoms with Crippen LogP contribution in [0.2, 0.25) is 0 Å². The van der Waals surface area contributed by atoms with E-state index in [1.807, 2.05) is 30.6 Å². The fraction of sp³-hybridized carbons (Fsp3) is 0.0870. The van der Waals surface area contributed by atoms with E-state index in [4.69, 9.17) is 0 Å². The van der Waals surface area contributed by atoms with Crippen LogP contribution in [-0.4, -0.2) is 14.7 Å². The fourth-order valence-corrected chi connectivity index (χ4v) is 4.00. The Morgan fingerprint density at radius 3 is 2.62 bits per heavy atom. The number of pyridine rings is 1. The molecule has 0 bridgehead atoms. The minimum absolute atomic E-state index is 0.292. The van der Waals surface area contributed by atoms with E-state index >= 15 is 0 Å². The number of aromatic nitrogens is 2. The molecule has 0 unspecified atom stereocenters. The van der Waals surface area contributed by atoms with Crippen molar-refractivity contribution >= 4 is 32.6 Å². The molecule has 0 saturated carbocycles. The number of phenols is 1. The van der Waals surface area contributed by atoms with Gasteiger partial charge in [0.25, 0.3) is 0 Å². The average Bonchev–Trinajstić information content (AvgIpc) is 2.96. The summed E-state index contributed by atoms with van der Waals surface area (Å²) in [5.41, 5.74) is 4.85. The maximum atomic E-state index is 10.0. The van der Waals surface area contributed by atoms with Gasteiger partial charge < -0.3 is 9.67 Å². The first-order valence-electron chi connectivity index (χ1n) is 8.74. The van der Waals surface area contributed by atoms with Crippen LogP contribution in [0.1, 0.15) is 11.1 Å². The summed E-state index contributed by atoms with van der Waals surface area (Å²) in [7, 11) is 0. The fourth-order valence-electron chi connectivity index (χ4n) is 4.00. The molecule has 5 aromatic rings. The molecule has 0 aliphatic carbocycles. The van der Waals surface area contributed by atoms with Crippen LogP contribution in [0.3, 0.4) is 0 Å². The highest BCUT2D eigenvalue weighted by atomic mass is 16.3. The Labute approximate surface area is 151 Å². The quantitative estimate of drug-likeness (QED) is 0.468. The molecule has 26 heavy (non-hydrogen) atoms. The monoisotopic (exact) mass is 338 g/mol. The standard InChI is InChI=1S/C23H18N2O/c1-15-19-9-10-24-13-17(19)11-21-20-12-18(26)7-8-22(20)25(23(15)21)14-16-5-3-2-4-6-16/h2-13,26H,14H2,1H3. The summed E-state index contributed by atoms with van der Waals surface area (Å²) in [5.74, 6) is 0.292. The van der Waals surface area contributed by atoms with Crippen molar-refractivity contribution in [3.63, 3.8) is 0 Å². The smallest absolute Gasteiger partial charge is 0.116 e. The summed E-state index contributed by atoms with van der Waals surface area (Å²) < 4.78 is 2.36. The SMILES string of the molecule is Cc1c2ccncc2cc2c3cc(O)ccc3n(Cc3ccccc3)c12. The van der Waals surface area contributed by atoms with Crippen molar-refractivity contribution in [1.29, 1.82) is 0 Å². The Morgan fingerprint density at radius 1 is 0.923 bits per heavy atom. The molecule has 1 N–H and O–H groups in total. The molecule has 3 aromatic carbocycles. The molecule has 3 nitrogen and oxygen atoms in total. The van der Waals surface area contributed by atoms with Gasteiger partial charge in [-0.25, -0.2) is 0 Å². The average molecular weight is 338 g/mol. The first kappa shape index (κ1) is 15.0. The van der Waals surface area contributed by atoms with E-state index in [1.54, 1.807) is 6.07 Å². The lowest BCUT2D eigenvalue weighted by Crippen LogP contribution is -2.00. The van der Waals surface area contributed by atoms with Crippen molar-refractivity contribution in [3.8, 4) is 5.75 Å². The molecular formula is C23H18N2O. The summed E-state index contributed by atoms with van der Waals surface area (Å²) in [6.07, 6.45) is 3.75. The van der Waals surface area contributed by atoms with Gasteiger partial charge in [-0.15, -0.1) is 0 Å². The van der Waals surface area contributed by atoms with Gasteiger partial charge in [-0.05, 0) is 53.8 Å². The van der Waals surface area contributed by atoms with Gasteiger partial charge in [-0.3, -0.25) is 4.98 Å². The van der Waals surface area contributed by atoms with Crippen LogP contribution >= 0.6 is 0 Å². The first-order valence-corrected chi connectivity index (χ1v) is 8.74. The molecule has 126 valence electrons. The maximum Gasteiger partial charge on any atom is 0.116 e. The summed E-state index contributed by atoms with van der Waals surface area (Å²) in [6.45, 7) is 2.97. The summed E-state index contributed by atoms with van der Waals surface area (Å²) in [4.78, 5) is 4.28. The van der Waals surface area contributed by atoms with Gasteiger partial charge in [-0.1, -0.05) is 30.3 Å². The molecular weight excluding hydrogens is 320 g/mol. The predicted molar refractivity (Wildman–Crippen MR) is 107 cm³/mol. The van der Waals surface area contributed by atoms with E-state index in [2.05, 4.69) is 52.9 Å². The summed E-state index contributed by atoms with van der Waals surface area (Å²) in [5, 5.41) is 14.6. The van der Waals surface area contributed by atoms with Crippen molar-refractivity contribution in [2.24, 2.45) is 0 Å². The van der Waals surface area contributed by atoms with Crippen LogP contribution < -0.4 is 0 Å². The molecule has 0 radical (unpaired) electrons. The van der Waals surface area contributed by atoms with Crippen molar-refractivity contribution in [2.75, 3.05) is 0 Å². The Hall–Kier alpha value is -3.33. The van der Waals surface area contributed by atoms with E-state index in [-0.39, 0.29) is 0 Å². The Bertz CT molecular complexity index is 1270. The zero-order valence-corrected chi connectivity index (χ0v) is 14.5. The lowest BCUT2D eigenvalue weighted by molar-refractivity contribution is 0.476. The minimum atomic E-state index is 0.292. The second-order valence-corrected chi connectivity index (χ2v) is 6.77. The van der Waals surface area contributed by atoms with Gasteiger partial charge in [0.05, 0.1) is 5.52 Å². The minimum Gasteiger partial charge on any atom is -0.508 e. The lowest BCUT2D eigenvalue weighted by atomic mass is 10.0. The molecule has 3 heteroatoms. The van der Waals surface area contributed by atoms with Gasteiger partial charge in [0.1, 0.15) is 5.75 Å². The highest BCUT2D eigenvalue weighted by Crippen LogP contribution is 2.37. The van der Waals surface area contributed by atoms with Crippen LogP contribution in [0, 0.1) is 6.92 Å². The van der Waals surface area contributed by atoms with E-state index in [0.29, 0.717) is 5.75 Å². The van der Waals surface area contributed by atoms with Gasteiger partial charge in [0.2, 0.25) is 0 Å². The van der Waals surface area contributed by atoms with Gasteiger partial charge in [-0.2, -0.15) is 0 Å². The van der Waals surface area contributed by atoms with Gasteiger partial charge in [0, 0.05) is 40.6 Å². The zero-order valence-electron chi connectivity index (χ0n) is 14.5. The lowest BCUT2D eigenvalue weighted by Gasteiger charge is -2.11. The van der Waals surface area contributed by atoms with Gasteiger partial charge >= 0.3 is 0 Å². The third-order valence-corrected chi connectivity index (χ3v) is 5.18.